The Kier molecular flexibility index (Phi) is 12.0. The molecule has 0 saturated carbocycles. The van der Waals surface area contributed by atoms with Gasteiger partial charge in [-0.1, -0.05) is 51.9 Å². The van der Waals surface area contributed by atoms with Gasteiger partial charge in [0.25, 0.3) is 0 Å². The quantitative estimate of drug-likeness (QED) is 0.0796. The van der Waals surface area contributed by atoms with E-state index in [0.29, 0.717) is 33.8 Å². The zero-order valence-corrected chi connectivity index (χ0v) is 28.2. The van der Waals surface area contributed by atoms with Gasteiger partial charge in [0.15, 0.2) is 5.70 Å². The summed E-state index contributed by atoms with van der Waals surface area (Å²) in [5.74, 6) is 0. The normalized spacial score (nSPS) is 17.9. The third kappa shape index (κ3) is 8.32. The van der Waals surface area contributed by atoms with Crippen LogP contribution in [0.25, 0.3) is 6.08 Å². The molecule has 3 rings (SSSR count). The van der Waals surface area contributed by atoms with Gasteiger partial charge in [-0.15, -0.1) is 0 Å². The van der Waals surface area contributed by atoms with E-state index in [2.05, 4.69) is 0 Å². The molecule has 0 spiro atoms. The van der Waals surface area contributed by atoms with E-state index in [9.17, 15) is 9.46 Å². The molecule has 1 N–H and O–H groups in total. The van der Waals surface area contributed by atoms with Crippen LogP contribution in [0.5, 0.6) is 0 Å². The first-order valence-corrected chi connectivity index (χ1v) is 17.3. The Hall–Kier alpha value is -1.58. The molecule has 0 fully saturated rings. The predicted octanol–water partition coefficient (Wildman–Crippen LogP) is 7.79. The average Bonchev–Trinajstić information content (AvgIpc) is 3.28. The third-order valence-electron chi connectivity index (χ3n) is 8.88. The molecule has 1 atom stereocenters. The molecule has 1 unspecified atom stereocenters. The van der Waals surface area contributed by atoms with Gasteiger partial charge in [0, 0.05) is 29.8 Å². The number of quaternary nitrogens is 1. The lowest BCUT2D eigenvalue weighted by Crippen LogP contribution is -2.50. The smallest absolute Gasteiger partial charge is 0.394 e. The van der Waals surface area contributed by atoms with Crippen molar-refractivity contribution in [3.05, 3.63) is 39.4 Å². The number of fused-ring (bicyclic) bond motifs is 2. The van der Waals surface area contributed by atoms with Crippen molar-refractivity contribution in [3.63, 3.8) is 0 Å². The van der Waals surface area contributed by atoms with Gasteiger partial charge < -0.3 is 27.0 Å². The Balaban J connectivity index is 1.34. The van der Waals surface area contributed by atoms with Gasteiger partial charge in [0.05, 0.1) is 27.7 Å². The lowest BCUT2D eigenvalue weighted by atomic mass is 9.89. The fourth-order valence-corrected chi connectivity index (χ4v) is 7.19. The summed E-state index contributed by atoms with van der Waals surface area (Å²) >= 11 is 0. The summed E-state index contributed by atoms with van der Waals surface area (Å²) in [6, 6.07) is 0. The fraction of sp³-hybridized carbons (Fsp3) is 0.710. The van der Waals surface area contributed by atoms with Crippen molar-refractivity contribution >= 4 is 26.6 Å². The minimum absolute atomic E-state index is 0.188. The first-order chi connectivity index (χ1) is 19.6. The summed E-state index contributed by atoms with van der Waals surface area (Å²) in [5, 5.41) is 0. The second-order valence-electron chi connectivity index (χ2n) is 13.1. The highest BCUT2D eigenvalue weighted by Gasteiger charge is 2.54. The zero-order chi connectivity index (χ0) is 31.3. The second kappa shape index (κ2) is 14.5. The maximum Gasteiger partial charge on any atom is 0.737 e. The first-order valence-electron chi connectivity index (χ1n) is 15.8. The molecule has 0 bridgehead atoms. The Morgan fingerprint density at radius 2 is 1.48 bits per heavy atom. The number of unbranched alkanes of at least 4 members (excludes halogenated alkanes) is 8. The fourth-order valence-electron chi connectivity index (χ4n) is 6.44. The van der Waals surface area contributed by atoms with Crippen LogP contribution in [-0.4, -0.2) is 71.9 Å². The molecule has 2 aliphatic heterocycles. The number of likely N-dealkylation sites (N-methyl/N-ethyl adjacent to an activating group) is 1. The minimum atomic E-state index is -3.96. The predicted molar refractivity (Wildman–Crippen MR) is 169 cm³/mol. The Labute approximate surface area is 252 Å². The molecule has 2 aliphatic rings. The van der Waals surface area contributed by atoms with Crippen LogP contribution < -0.4 is 0 Å². The molecule has 7 nitrogen and oxygen atoms in total. The van der Waals surface area contributed by atoms with Gasteiger partial charge in [-0.3, -0.25) is 9.05 Å². The molecular formula is C31H54BF2N3O4P+. The molecule has 3 heterocycles. The highest BCUT2D eigenvalue weighted by Crippen LogP contribution is 2.43. The van der Waals surface area contributed by atoms with Gasteiger partial charge in [0.2, 0.25) is 0 Å². The van der Waals surface area contributed by atoms with Crippen molar-refractivity contribution < 1.29 is 36.1 Å². The molecule has 0 aromatic carbocycles. The second-order valence-corrected chi connectivity index (χ2v) is 14.5. The summed E-state index contributed by atoms with van der Waals surface area (Å²) in [4.78, 5) is 9.76. The van der Waals surface area contributed by atoms with Crippen molar-refractivity contribution in [1.82, 2.24) is 4.48 Å². The third-order valence-corrected chi connectivity index (χ3v) is 9.90. The first kappa shape index (κ1) is 34.9. The van der Waals surface area contributed by atoms with Crippen molar-refractivity contribution in [3.8, 4) is 0 Å². The Morgan fingerprint density at radius 3 is 2.05 bits per heavy atom. The largest absolute Gasteiger partial charge is 0.737 e. The van der Waals surface area contributed by atoms with E-state index in [0.717, 1.165) is 92.9 Å². The van der Waals surface area contributed by atoms with E-state index in [1.54, 1.807) is 0 Å². The number of allylic oxidation sites excluding steroid dienone is 2. The molecule has 0 saturated heterocycles. The molecule has 11 heteroatoms. The van der Waals surface area contributed by atoms with Crippen LogP contribution in [0.1, 0.15) is 107 Å². The number of nitrogens with zero attached hydrogens (tertiary/aromatic N) is 3. The molecule has 238 valence electrons. The highest BCUT2D eigenvalue weighted by atomic mass is 31.2. The van der Waals surface area contributed by atoms with E-state index < -0.39 is 14.8 Å². The SMILES string of the molecule is CCc1c(C)c2n(c1C)[B-](F)(F)[N+]1=C(C)C(CCCCCCCCCCCOP(=O)(O)OCC[N+](C)(C)C)=C(C)C1=C2. The zero-order valence-electron chi connectivity index (χ0n) is 27.3. The number of hydrogen-bond acceptors (Lipinski definition) is 3. The van der Waals surface area contributed by atoms with E-state index in [1.165, 1.54) is 8.96 Å². The van der Waals surface area contributed by atoms with Crippen LogP contribution in [-0.2, 0) is 20.0 Å². The summed E-state index contributed by atoms with van der Waals surface area (Å²) < 4.78 is 57.2. The van der Waals surface area contributed by atoms with E-state index in [-0.39, 0.29) is 13.2 Å². The van der Waals surface area contributed by atoms with Crippen LogP contribution >= 0.6 is 7.82 Å². The van der Waals surface area contributed by atoms with E-state index in [4.69, 9.17) is 9.05 Å². The lowest BCUT2D eigenvalue weighted by Gasteiger charge is -2.30. The number of phosphoric acid groups is 1. The van der Waals surface area contributed by atoms with Crippen molar-refractivity contribution in [2.45, 2.75) is 105 Å². The van der Waals surface area contributed by atoms with Crippen LogP contribution in [0.4, 0.5) is 8.63 Å². The maximum absolute atomic E-state index is 16.0. The number of halogens is 2. The number of rotatable bonds is 18. The summed E-state index contributed by atoms with van der Waals surface area (Å²) in [7, 11) is 2.03. The van der Waals surface area contributed by atoms with Crippen LogP contribution in [0.2, 0.25) is 0 Å². The molecule has 1 aromatic rings. The number of aromatic nitrogens is 1. The topological polar surface area (TPSA) is 63.7 Å². The molecule has 0 aliphatic carbocycles. The number of hydrogen-bond donors (Lipinski definition) is 1. The van der Waals surface area contributed by atoms with Crippen LogP contribution in [0.3, 0.4) is 0 Å². The standard InChI is InChI=1S/C31H53BF2N3O4P/c1-9-28-24(2)30-23-31-25(3)29(27(5)36(31)32(33,34)35(30)26(28)4)19-17-15-13-11-10-12-14-16-18-21-40-42(38,39)41-22-20-37(6,7)8/h23H,9-22H2,1-8H3/p+1. The molecule has 0 radical (unpaired) electrons. The maximum atomic E-state index is 16.0. The van der Waals surface area contributed by atoms with Gasteiger partial charge in [-0.05, 0) is 63.3 Å². The molecule has 0 amide bonds. The van der Waals surface area contributed by atoms with Gasteiger partial charge in [-0.25, -0.2) is 4.57 Å². The monoisotopic (exact) mass is 612 g/mol. The summed E-state index contributed by atoms with van der Waals surface area (Å²) in [6.45, 7) is 6.82. The van der Waals surface area contributed by atoms with Crippen LogP contribution in [0, 0.1) is 13.8 Å². The number of phosphoric ester groups is 1. The van der Waals surface area contributed by atoms with Crippen molar-refractivity contribution in [2.75, 3.05) is 40.9 Å². The van der Waals surface area contributed by atoms with Gasteiger partial charge >= 0.3 is 14.8 Å². The van der Waals surface area contributed by atoms with E-state index >= 15 is 8.63 Å². The van der Waals surface area contributed by atoms with Gasteiger partial charge in [-0.2, -0.15) is 0 Å². The lowest BCUT2D eigenvalue weighted by molar-refractivity contribution is -0.870. The molecular weight excluding hydrogens is 558 g/mol. The molecule has 1 aromatic heterocycles. The van der Waals surface area contributed by atoms with Gasteiger partial charge in [0.1, 0.15) is 18.9 Å². The summed E-state index contributed by atoms with van der Waals surface area (Å²) in [5.41, 5.74) is 6.80. The highest BCUT2D eigenvalue weighted by molar-refractivity contribution is 7.47. The minimum Gasteiger partial charge on any atom is -0.394 e. The van der Waals surface area contributed by atoms with Crippen molar-refractivity contribution in [1.29, 1.82) is 0 Å². The summed E-state index contributed by atoms with van der Waals surface area (Å²) in [6.07, 6.45) is 13.0. The molecule has 42 heavy (non-hydrogen) atoms. The Bertz CT molecular complexity index is 1260. The average molecular weight is 613 g/mol. The Morgan fingerprint density at radius 1 is 0.929 bits per heavy atom. The van der Waals surface area contributed by atoms with Crippen molar-refractivity contribution in [2.24, 2.45) is 0 Å². The van der Waals surface area contributed by atoms with Crippen LogP contribution in [0.15, 0.2) is 16.8 Å². The van der Waals surface area contributed by atoms with E-state index in [1.807, 2.05) is 61.8 Å².